The summed E-state index contributed by atoms with van der Waals surface area (Å²) in [4.78, 5) is 32.1. The number of carbonyl (C=O) groups is 1. The summed E-state index contributed by atoms with van der Waals surface area (Å²) in [7, 11) is 0. The molecule has 4 aromatic rings. The number of nitrogens with zero attached hydrogens (tertiary/aromatic N) is 1. The normalized spacial score (nSPS) is 12.1. The molecule has 0 aliphatic carbocycles. The molecule has 0 atom stereocenters. The number of aliphatic imine (C=N–C) groups is 1. The minimum absolute atomic E-state index is 0.112. The lowest BCUT2D eigenvalue weighted by molar-refractivity contribution is 0.0977. The summed E-state index contributed by atoms with van der Waals surface area (Å²) in [6.45, 7) is 6.36. The fourth-order valence-corrected chi connectivity index (χ4v) is 4.39. The van der Waals surface area contributed by atoms with E-state index in [1.165, 1.54) is 0 Å². The number of benzene rings is 3. The first-order valence-electron chi connectivity index (χ1n) is 10.3. The molecule has 3 N–H and O–H groups in total. The maximum Gasteiger partial charge on any atom is 0.305 e. The van der Waals surface area contributed by atoms with Crippen molar-refractivity contribution >= 4 is 60.7 Å². The average Bonchev–Trinajstić information content (AvgIpc) is 3.13. The van der Waals surface area contributed by atoms with Crippen LogP contribution in [0.2, 0.25) is 0 Å². The summed E-state index contributed by atoms with van der Waals surface area (Å²) in [6.07, 6.45) is 0. The number of carbonyl (C=O) groups excluding carboxylic acids is 1. The molecular formula is C25H23BrN4O2S. The van der Waals surface area contributed by atoms with Gasteiger partial charge in [-0.05, 0) is 59.5 Å². The summed E-state index contributed by atoms with van der Waals surface area (Å²) >= 11 is 4.52. The molecule has 0 saturated heterocycles. The van der Waals surface area contributed by atoms with Crippen LogP contribution >= 0.6 is 27.3 Å². The number of aromatic amines is 1. The molecule has 0 radical (unpaired) electrons. The van der Waals surface area contributed by atoms with E-state index in [9.17, 15) is 9.59 Å². The van der Waals surface area contributed by atoms with Crippen LogP contribution in [0.1, 0.15) is 36.7 Å². The van der Waals surface area contributed by atoms with E-state index in [-0.39, 0.29) is 16.2 Å². The summed E-state index contributed by atoms with van der Waals surface area (Å²) in [5.41, 5.74) is 3.68. The van der Waals surface area contributed by atoms with Gasteiger partial charge in [0.2, 0.25) is 5.96 Å². The van der Waals surface area contributed by atoms with Crippen molar-refractivity contribution < 1.29 is 4.79 Å². The van der Waals surface area contributed by atoms with Gasteiger partial charge in [-0.3, -0.25) is 14.9 Å². The zero-order valence-electron chi connectivity index (χ0n) is 18.4. The standard InChI is InChI=1S/C25H23BrN4O2S/c1-25(2,3)18-6-4-5-7-19(18)28-23(30-22(31)15-8-10-16(26)11-9-15)27-17-12-13-20-21(14-17)33-24(32)29-20/h4-14H,1-3H3,(H,29,32)(H2,27,28,30,31). The van der Waals surface area contributed by atoms with Crippen LogP contribution in [-0.2, 0) is 5.41 Å². The highest BCUT2D eigenvalue weighted by molar-refractivity contribution is 9.10. The SMILES string of the molecule is CC(C)(C)c1ccccc1N=C(NC(=O)c1ccc(Br)cc1)Nc1ccc2[nH]c(=O)sc2c1. The molecule has 168 valence electrons. The molecule has 4 rings (SSSR count). The second-order valence-electron chi connectivity index (χ2n) is 8.54. The number of amides is 1. The Labute approximate surface area is 203 Å². The molecule has 0 fully saturated rings. The van der Waals surface area contributed by atoms with Gasteiger partial charge >= 0.3 is 4.87 Å². The minimum Gasteiger partial charge on any atom is -0.326 e. The van der Waals surface area contributed by atoms with E-state index >= 15 is 0 Å². The number of anilines is 1. The molecule has 1 heterocycles. The Morgan fingerprint density at radius 3 is 2.48 bits per heavy atom. The van der Waals surface area contributed by atoms with E-state index in [0.29, 0.717) is 17.2 Å². The van der Waals surface area contributed by atoms with Crippen molar-refractivity contribution in [3.05, 3.63) is 92.0 Å². The molecule has 0 aliphatic heterocycles. The largest absolute Gasteiger partial charge is 0.326 e. The van der Waals surface area contributed by atoms with E-state index < -0.39 is 0 Å². The predicted octanol–water partition coefficient (Wildman–Crippen LogP) is 6.18. The van der Waals surface area contributed by atoms with Gasteiger partial charge in [-0.1, -0.05) is 66.2 Å². The number of rotatable bonds is 3. The highest BCUT2D eigenvalue weighted by atomic mass is 79.9. The third-order valence-corrected chi connectivity index (χ3v) is 6.34. The van der Waals surface area contributed by atoms with Gasteiger partial charge in [0.1, 0.15) is 0 Å². The Bertz CT molecular complexity index is 1400. The molecule has 3 aromatic carbocycles. The van der Waals surface area contributed by atoms with Gasteiger partial charge in [0.25, 0.3) is 5.91 Å². The molecule has 0 unspecified atom stereocenters. The second kappa shape index (κ2) is 9.33. The number of aromatic nitrogens is 1. The Morgan fingerprint density at radius 1 is 1.03 bits per heavy atom. The summed E-state index contributed by atoms with van der Waals surface area (Å²) in [5.74, 6) is 0.0104. The number of nitrogens with one attached hydrogen (secondary N) is 3. The van der Waals surface area contributed by atoms with E-state index in [1.54, 1.807) is 12.1 Å². The Kier molecular flexibility index (Phi) is 6.49. The molecule has 0 saturated carbocycles. The van der Waals surface area contributed by atoms with Crippen LogP contribution in [-0.4, -0.2) is 16.9 Å². The third-order valence-electron chi connectivity index (χ3n) is 4.97. The van der Waals surface area contributed by atoms with E-state index in [2.05, 4.69) is 52.3 Å². The molecule has 1 amide bonds. The van der Waals surface area contributed by atoms with E-state index in [0.717, 1.165) is 37.3 Å². The molecule has 0 bridgehead atoms. The number of para-hydroxylation sites is 1. The van der Waals surface area contributed by atoms with Crippen LogP contribution in [0.5, 0.6) is 0 Å². The number of halogens is 1. The van der Waals surface area contributed by atoms with Crippen LogP contribution < -0.4 is 15.5 Å². The number of guanidine groups is 1. The maximum absolute atomic E-state index is 13.0. The summed E-state index contributed by atoms with van der Waals surface area (Å²) < 4.78 is 1.71. The molecular weight excluding hydrogens is 500 g/mol. The van der Waals surface area contributed by atoms with Crippen molar-refractivity contribution in [1.82, 2.24) is 10.3 Å². The van der Waals surface area contributed by atoms with Crippen molar-refractivity contribution in [2.24, 2.45) is 4.99 Å². The predicted molar refractivity (Wildman–Crippen MR) is 140 cm³/mol. The Hall–Kier alpha value is -3.23. The van der Waals surface area contributed by atoms with Crippen LogP contribution in [0.3, 0.4) is 0 Å². The molecule has 8 heteroatoms. The van der Waals surface area contributed by atoms with Gasteiger partial charge in [0, 0.05) is 15.7 Å². The van der Waals surface area contributed by atoms with E-state index in [1.807, 2.05) is 54.6 Å². The summed E-state index contributed by atoms with van der Waals surface area (Å²) in [6, 6.07) is 20.5. The quantitative estimate of drug-likeness (QED) is 0.222. The van der Waals surface area contributed by atoms with Crippen molar-refractivity contribution in [2.75, 3.05) is 5.32 Å². The smallest absolute Gasteiger partial charge is 0.305 e. The highest BCUT2D eigenvalue weighted by Crippen LogP contribution is 2.31. The van der Waals surface area contributed by atoms with Gasteiger partial charge in [-0.15, -0.1) is 0 Å². The maximum atomic E-state index is 13.0. The van der Waals surface area contributed by atoms with Gasteiger partial charge < -0.3 is 10.3 Å². The first-order valence-corrected chi connectivity index (χ1v) is 11.9. The fourth-order valence-electron chi connectivity index (χ4n) is 3.35. The summed E-state index contributed by atoms with van der Waals surface area (Å²) in [5, 5.41) is 6.12. The molecule has 6 nitrogen and oxygen atoms in total. The van der Waals surface area contributed by atoms with Crippen molar-refractivity contribution in [2.45, 2.75) is 26.2 Å². The van der Waals surface area contributed by atoms with Gasteiger partial charge in [0.05, 0.1) is 15.9 Å². The van der Waals surface area contributed by atoms with Gasteiger partial charge in [-0.25, -0.2) is 4.99 Å². The number of fused-ring (bicyclic) bond motifs is 1. The lowest BCUT2D eigenvalue weighted by atomic mass is 9.86. The third kappa shape index (κ3) is 5.58. The average molecular weight is 523 g/mol. The Balaban J connectivity index is 1.72. The van der Waals surface area contributed by atoms with Crippen LogP contribution in [0.25, 0.3) is 10.2 Å². The van der Waals surface area contributed by atoms with Crippen LogP contribution in [0, 0.1) is 0 Å². The zero-order valence-corrected chi connectivity index (χ0v) is 20.8. The number of thiazole rings is 1. The van der Waals surface area contributed by atoms with Crippen molar-refractivity contribution in [1.29, 1.82) is 0 Å². The zero-order chi connectivity index (χ0) is 23.6. The molecule has 33 heavy (non-hydrogen) atoms. The lowest BCUT2D eigenvalue weighted by Gasteiger charge is -2.21. The highest BCUT2D eigenvalue weighted by Gasteiger charge is 2.18. The molecule has 0 aliphatic rings. The van der Waals surface area contributed by atoms with Crippen LogP contribution in [0.4, 0.5) is 11.4 Å². The topological polar surface area (TPSA) is 86.3 Å². The van der Waals surface area contributed by atoms with E-state index in [4.69, 9.17) is 4.99 Å². The first-order chi connectivity index (χ1) is 15.7. The van der Waals surface area contributed by atoms with Crippen molar-refractivity contribution in [3.63, 3.8) is 0 Å². The number of hydrogen-bond acceptors (Lipinski definition) is 4. The minimum atomic E-state index is -0.283. The Morgan fingerprint density at radius 2 is 1.76 bits per heavy atom. The van der Waals surface area contributed by atoms with Crippen molar-refractivity contribution in [3.8, 4) is 0 Å². The monoisotopic (exact) mass is 522 g/mol. The number of hydrogen-bond donors (Lipinski definition) is 3. The van der Waals surface area contributed by atoms with Gasteiger partial charge in [-0.2, -0.15) is 0 Å². The van der Waals surface area contributed by atoms with Crippen LogP contribution in [0.15, 0.2) is 81.0 Å². The molecule has 0 spiro atoms. The van der Waals surface area contributed by atoms with Gasteiger partial charge in [0.15, 0.2) is 0 Å². The molecule has 1 aromatic heterocycles. The fraction of sp³-hybridized carbons (Fsp3) is 0.160. The first kappa shape index (κ1) is 22.9. The second-order valence-corrected chi connectivity index (χ2v) is 10.5. The number of H-pyrrole nitrogens is 1. The lowest BCUT2D eigenvalue weighted by Crippen LogP contribution is -2.36.